The summed E-state index contributed by atoms with van der Waals surface area (Å²) in [7, 11) is 0. The third kappa shape index (κ3) is 4.79. The first-order valence-corrected chi connectivity index (χ1v) is 10.4. The van der Waals surface area contributed by atoms with Crippen LogP contribution < -0.4 is 19.7 Å². The van der Waals surface area contributed by atoms with E-state index in [9.17, 15) is 9.59 Å². The van der Waals surface area contributed by atoms with Crippen LogP contribution in [0.15, 0.2) is 42.5 Å². The zero-order chi connectivity index (χ0) is 20.9. The molecule has 0 aliphatic carbocycles. The molecule has 158 valence electrons. The molecule has 0 unspecified atom stereocenters. The average Bonchev–Trinajstić information content (AvgIpc) is 3.03. The van der Waals surface area contributed by atoms with Gasteiger partial charge in [0.05, 0.1) is 19.8 Å². The standard InChI is InChI=1S/C22H24ClN3O4/c23-17-3-5-18(6-4-17)25-8-10-26(11-9-25)21(27)15-24-22(28)16-2-7-19-20(14-16)30-13-1-12-29-19/h2-7,14H,1,8-13,15H2,(H,24,28). The number of nitrogens with zero attached hydrogens (tertiary/aromatic N) is 2. The smallest absolute Gasteiger partial charge is 0.251 e. The van der Waals surface area contributed by atoms with E-state index in [-0.39, 0.29) is 18.4 Å². The first-order chi connectivity index (χ1) is 14.6. The van der Waals surface area contributed by atoms with Crippen LogP contribution in [0.4, 0.5) is 5.69 Å². The van der Waals surface area contributed by atoms with Crippen molar-refractivity contribution >= 4 is 29.1 Å². The Kier molecular flexibility index (Phi) is 6.28. The quantitative estimate of drug-likeness (QED) is 0.808. The SMILES string of the molecule is O=C(NCC(=O)N1CCN(c2ccc(Cl)cc2)CC1)c1ccc2c(c1)OCCCO2. The van der Waals surface area contributed by atoms with Crippen LogP contribution in [0.5, 0.6) is 11.5 Å². The summed E-state index contributed by atoms with van der Waals surface area (Å²) >= 11 is 5.94. The molecule has 0 bridgehead atoms. The average molecular weight is 430 g/mol. The highest BCUT2D eigenvalue weighted by atomic mass is 35.5. The van der Waals surface area contributed by atoms with Gasteiger partial charge in [-0.2, -0.15) is 0 Å². The number of anilines is 1. The number of carbonyl (C=O) groups excluding carboxylic acids is 2. The van der Waals surface area contributed by atoms with Crippen molar-refractivity contribution in [3.63, 3.8) is 0 Å². The van der Waals surface area contributed by atoms with Crippen LogP contribution in [-0.4, -0.2) is 62.7 Å². The number of carbonyl (C=O) groups is 2. The van der Waals surface area contributed by atoms with Gasteiger partial charge in [-0.05, 0) is 42.5 Å². The van der Waals surface area contributed by atoms with E-state index < -0.39 is 0 Å². The predicted octanol–water partition coefficient (Wildman–Crippen LogP) is 2.58. The van der Waals surface area contributed by atoms with Gasteiger partial charge in [0.25, 0.3) is 5.91 Å². The summed E-state index contributed by atoms with van der Waals surface area (Å²) in [5.74, 6) is 0.802. The molecule has 2 amide bonds. The van der Waals surface area contributed by atoms with Crippen molar-refractivity contribution in [2.24, 2.45) is 0 Å². The van der Waals surface area contributed by atoms with Gasteiger partial charge < -0.3 is 24.6 Å². The first kappa shape index (κ1) is 20.3. The van der Waals surface area contributed by atoms with Gasteiger partial charge in [-0.1, -0.05) is 11.6 Å². The highest BCUT2D eigenvalue weighted by Crippen LogP contribution is 2.30. The second-order valence-electron chi connectivity index (χ2n) is 7.24. The summed E-state index contributed by atoms with van der Waals surface area (Å²) in [6, 6.07) is 12.8. The maximum absolute atomic E-state index is 12.5. The van der Waals surface area contributed by atoms with Crippen LogP contribution in [0.1, 0.15) is 16.8 Å². The predicted molar refractivity (Wildman–Crippen MR) is 115 cm³/mol. The van der Waals surface area contributed by atoms with E-state index in [1.807, 2.05) is 24.3 Å². The van der Waals surface area contributed by atoms with Crippen LogP contribution in [-0.2, 0) is 4.79 Å². The molecule has 4 rings (SSSR count). The number of benzene rings is 2. The van der Waals surface area contributed by atoms with Crippen LogP contribution >= 0.6 is 11.6 Å². The highest BCUT2D eigenvalue weighted by Gasteiger charge is 2.22. The van der Waals surface area contributed by atoms with Gasteiger partial charge in [-0.15, -0.1) is 0 Å². The van der Waals surface area contributed by atoms with E-state index in [0.29, 0.717) is 48.4 Å². The van der Waals surface area contributed by atoms with E-state index in [1.165, 1.54) is 0 Å². The van der Waals surface area contributed by atoms with Crippen LogP contribution in [0.2, 0.25) is 5.02 Å². The third-order valence-electron chi connectivity index (χ3n) is 5.23. The van der Waals surface area contributed by atoms with Crippen molar-refractivity contribution in [1.82, 2.24) is 10.2 Å². The fraction of sp³-hybridized carbons (Fsp3) is 0.364. The van der Waals surface area contributed by atoms with Crippen LogP contribution in [0.3, 0.4) is 0 Å². The van der Waals surface area contributed by atoms with Gasteiger partial charge in [-0.25, -0.2) is 0 Å². The molecule has 1 saturated heterocycles. The van der Waals surface area contributed by atoms with Crippen molar-refractivity contribution in [2.45, 2.75) is 6.42 Å². The minimum absolute atomic E-state index is 0.0335. The fourth-order valence-corrected chi connectivity index (χ4v) is 3.67. The third-order valence-corrected chi connectivity index (χ3v) is 5.49. The Bertz CT molecular complexity index is 911. The van der Waals surface area contributed by atoms with E-state index in [0.717, 1.165) is 25.2 Å². The summed E-state index contributed by atoms with van der Waals surface area (Å²) < 4.78 is 11.2. The number of nitrogens with one attached hydrogen (secondary N) is 1. The van der Waals surface area contributed by atoms with Crippen molar-refractivity contribution in [3.8, 4) is 11.5 Å². The molecule has 1 fully saturated rings. The molecule has 0 aromatic heterocycles. The molecule has 0 spiro atoms. The van der Waals surface area contributed by atoms with Gasteiger partial charge in [0.1, 0.15) is 0 Å². The van der Waals surface area contributed by atoms with Crippen molar-refractivity contribution < 1.29 is 19.1 Å². The Morgan fingerprint density at radius 1 is 0.933 bits per heavy atom. The van der Waals surface area contributed by atoms with Crippen LogP contribution in [0, 0.1) is 0 Å². The van der Waals surface area contributed by atoms with E-state index in [4.69, 9.17) is 21.1 Å². The maximum Gasteiger partial charge on any atom is 0.251 e. The summed E-state index contributed by atoms with van der Waals surface area (Å²) in [6.45, 7) is 3.82. The van der Waals surface area contributed by atoms with E-state index in [2.05, 4.69) is 10.2 Å². The Morgan fingerprint density at radius 3 is 2.37 bits per heavy atom. The number of piperazine rings is 1. The lowest BCUT2D eigenvalue weighted by atomic mass is 10.2. The van der Waals surface area contributed by atoms with Crippen molar-refractivity contribution in [3.05, 3.63) is 53.1 Å². The fourth-order valence-electron chi connectivity index (χ4n) is 3.54. The number of rotatable bonds is 4. The van der Waals surface area contributed by atoms with Crippen LogP contribution in [0.25, 0.3) is 0 Å². The highest BCUT2D eigenvalue weighted by molar-refractivity contribution is 6.30. The zero-order valence-electron chi connectivity index (χ0n) is 16.6. The van der Waals surface area contributed by atoms with E-state index >= 15 is 0 Å². The monoisotopic (exact) mass is 429 g/mol. The summed E-state index contributed by atoms with van der Waals surface area (Å²) in [5, 5.41) is 3.42. The number of hydrogen-bond donors (Lipinski definition) is 1. The van der Waals surface area contributed by atoms with Gasteiger partial charge in [-0.3, -0.25) is 9.59 Å². The molecule has 1 N–H and O–H groups in total. The summed E-state index contributed by atoms with van der Waals surface area (Å²) in [4.78, 5) is 29.0. The molecule has 0 saturated carbocycles. The molecule has 8 heteroatoms. The van der Waals surface area contributed by atoms with Gasteiger partial charge in [0.15, 0.2) is 11.5 Å². The van der Waals surface area contributed by atoms with E-state index in [1.54, 1.807) is 23.1 Å². The lowest BCUT2D eigenvalue weighted by Gasteiger charge is -2.36. The second-order valence-corrected chi connectivity index (χ2v) is 7.68. The summed E-state index contributed by atoms with van der Waals surface area (Å²) in [5.41, 5.74) is 1.54. The molecule has 30 heavy (non-hydrogen) atoms. The lowest BCUT2D eigenvalue weighted by Crippen LogP contribution is -2.51. The number of halogens is 1. The normalized spacial score (nSPS) is 16.0. The Labute approximate surface area is 180 Å². The van der Waals surface area contributed by atoms with Crippen molar-refractivity contribution in [1.29, 1.82) is 0 Å². The molecular formula is C22H24ClN3O4. The lowest BCUT2D eigenvalue weighted by molar-refractivity contribution is -0.130. The minimum Gasteiger partial charge on any atom is -0.490 e. The molecular weight excluding hydrogens is 406 g/mol. The molecule has 2 aromatic rings. The zero-order valence-corrected chi connectivity index (χ0v) is 17.4. The Hall–Kier alpha value is -2.93. The Balaban J connectivity index is 1.27. The minimum atomic E-state index is -0.307. The van der Waals surface area contributed by atoms with Gasteiger partial charge >= 0.3 is 0 Å². The second kappa shape index (κ2) is 9.26. The maximum atomic E-state index is 12.5. The molecule has 2 heterocycles. The first-order valence-electron chi connectivity index (χ1n) is 10.1. The molecule has 2 aromatic carbocycles. The van der Waals surface area contributed by atoms with Crippen molar-refractivity contribution in [2.75, 3.05) is 50.8 Å². The Morgan fingerprint density at radius 2 is 1.63 bits per heavy atom. The molecule has 0 atom stereocenters. The topological polar surface area (TPSA) is 71.1 Å². The largest absolute Gasteiger partial charge is 0.490 e. The number of hydrogen-bond acceptors (Lipinski definition) is 5. The summed E-state index contributed by atoms with van der Waals surface area (Å²) in [6.07, 6.45) is 0.802. The molecule has 2 aliphatic heterocycles. The number of fused-ring (bicyclic) bond motifs is 1. The van der Waals surface area contributed by atoms with Gasteiger partial charge in [0.2, 0.25) is 5.91 Å². The number of amides is 2. The van der Waals surface area contributed by atoms with Gasteiger partial charge in [0, 0.05) is 48.9 Å². The number of ether oxygens (including phenoxy) is 2. The molecule has 0 radical (unpaired) electrons. The molecule has 7 nitrogen and oxygen atoms in total. The molecule has 2 aliphatic rings.